The van der Waals surface area contributed by atoms with Gasteiger partial charge < -0.3 is 14.8 Å². The van der Waals surface area contributed by atoms with Gasteiger partial charge in [-0.05, 0) is 18.1 Å². The van der Waals surface area contributed by atoms with Gasteiger partial charge in [0.1, 0.15) is 5.76 Å². The van der Waals surface area contributed by atoms with Crippen LogP contribution in [0.25, 0.3) is 0 Å². The molecule has 0 bridgehead atoms. The highest BCUT2D eigenvalue weighted by Crippen LogP contribution is 2.18. The Labute approximate surface area is 110 Å². The Kier molecular flexibility index (Phi) is 3.79. The molecule has 0 aliphatic carbocycles. The zero-order valence-electron chi connectivity index (χ0n) is 10.8. The maximum absolute atomic E-state index is 11.1. The van der Waals surface area contributed by atoms with Crippen LogP contribution in [-0.4, -0.2) is 21.0 Å². The SMILES string of the molecule is CC(C)c1nc(NCc2ccco2)ncc1C(=O)O. The van der Waals surface area contributed by atoms with Crippen molar-refractivity contribution in [1.82, 2.24) is 9.97 Å². The molecule has 0 saturated carbocycles. The van der Waals surface area contributed by atoms with E-state index in [0.717, 1.165) is 5.76 Å². The zero-order valence-corrected chi connectivity index (χ0v) is 10.8. The summed E-state index contributed by atoms with van der Waals surface area (Å²) in [5.74, 6) is 0.154. The Bertz CT molecular complexity index is 565. The Morgan fingerprint density at radius 1 is 1.53 bits per heavy atom. The standard InChI is InChI=1S/C13H15N3O3/c1-8(2)11-10(12(17)18)7-15-13(16-11)14-6-9-4-3-5-19-9/h3-5,7-8H,6H2,1-2H3,(H,17,18)(H,14,15,16). The van der Waals surface area contributed by atoms with Crippen LogP contribution in [0, 0.1) is 0 Å². The summed E-state index contributed by atoms with van der Waals surface area (Å²) in [7, 11) is 0. The molecular weight excluding hydrogens is 246 g/mol. The van der Waals surface area contributed by atoms with Gasteiger partial charge in [-0.25, -0.2) is 14.8 Å². The van der Waals surface area contributed by atoms with Gasteiger partial charge in [-0.15, -0.1) is 0 Å². The van der Waals surface area contributed by atoms with E-state index in [2.05, 4.69) is 15.3 Å². The number of furan rings is 1. The first kappa shape index (κ1) is 13.1. The fourth-order valence-electron chi connectivity index (χ4n) is 1.66. The van der Waals surface area contributed by atoms with Crippen molar-refractivity contribution < 1.29 is 14.3 Å². The van der Waals surface area contributed by atoms with Crippen LogP contribution < -0.4 is 5.32 Å². The number of carboxylic acids is 1. The van der Waals surface area contributed by atoms with Gasteiger partial charge >= 0.3 is 5.97 Å². The van der Waals surface area contributed by atoms with E-state index in [1.54, 1.807) is 12.3 Å². The molecule has 2 aromatic heterocycles. The summed E-state index contributed by atoms with van der Waals surface area (Å²) in [6, 6.07) is 3.63. The lowest BCUT2D eigenvalue weighted by atomic mass is 10.1. The highest BCUT2D eigenvalue weighted by atomic mass is 16.4. The van der Waals surface area contributed by atoms with Gasteiger partial charge in [0.2, 0.25) is 5.95 Å². The van der Waals surface area contributed by atoms with Crippen molar-refractivity contribution in [1.29, 1.82) is 0 Å². The minimum absolute atomic E-state index is 0.0123. The second kappa shape index (κ2) is 5.51. The molecule has 2 N–H and O–H groups in total. The van der Waals surface area contributed by atoms with Crippen LogP contribution in [0.4, 0.5) is 5.95 Å². The van der Waals surface area contributed by atoms with Crippen molar-refractivity contribution in [2.75, 3.05) is 5.32 Å². The van der Waals surface area contributed by atoms with Crippen molar-refractivity contribution in [3.8, 4) is 0 Å². The maximum atomic E-state index is 11.1. The average molecular weight is 261 g/mol. The predicted molar refractivity (Wildman–Crippen MR) is 69.1 cm³/mol. The van der Waals surface area contributed by atoms with Crippen molar-refractivity contribution in [2.45, 2.75) is 26.3 Å². The summed E-state index contributed by atoms with van der Waals surface area (Å²) in [6.45, 7) is 4.24. The van der Waals surface area contributed by atoms with Gasteiger partial charge in [-0.2, -0.15) is 0 Å². The Morgan fingerprint density at radius 2 is 2.32 bits per heavy atom. The quantitative estimate of drug-likeness (QED) is 0.859. The molecule has 2 heterocycles. The second-order valence-corrected chi connectivity index (χ2v) is 4.39. The van der Waals surface area contributed by atoms with E-state index >= 15 is 0 Å². The van der Waals surface area contributed by atoms with Gasteiger partial charge in [-0.1, -0.05) is 13.8 Å². The van der Waals surface area contributed by atoms with Gasteiger partial charge in [0.15, 0.2) is 0 Å². The molecule has 0 atom stereocenters. The number of nitrogens with one attached hydrogen (secondary N) is 1. The van der Waals surface area contributed by atoms with Crippen molar-refractivity contribution in [3.63, 3.8) is 0 Å². The molecule has 0 fully saturated rings. The summed E-state index contributed by atoms with van der Waals surface area (Å²) in [6.07, 6.45) is 2.92. The highest BCUT2D eigenvalue weighted by Gasteiger charge is 2.16. The molecule has 6 heteroatoms. The molecule has 0 aromatic carbocycles. The fourth-order valence-corrected chi connectivity index (χ4v) is 1.66. The monoisotopic (exact) mass is 261 g/mol. The zero-order chi connectivity index (χ0) is 13.8. The van der Waals surface area contributed by atoms with Gasteiger partial charge in [0.05, 0.1) is 24.1 Å². The maximum Gasteiger partial charge on any atom is 0.339 e. The van der Waals surface area contributed by atoms with E-state index in [-0.39, 0.29) is 11.5 Å². The number of hydrogen-bond acceptors (Lipinski definition) is 5. The number of hydrogen-bond donors (Lipinski definition) is 2. The van der Waals surface area contributed by atoms with E-state index < -0.39 is 5.97 Å². The van der Waals surface area contributed by atoms with Crippen LogP contribution >= 0.6 is 0 Å². The van der Waals surface area contributed by atoms with E-state index in [4.69, 9.17) is 9.52 Å². The third-order valence-corrected chi connectivity index (χ3v) is 2.60. The van der Waals surface area contributed by atoms with Crippen LogP contribution in [0.2, 0.25) is 0 Å². The molecule has 0 unspecified atom stereocenters. The normalized spacial score (nSPS) is 10.7. The number of aromatic nitrogens is 2. The predicted octanol–water partition coefficient (Wildman–Crippen LogP) is 2.50. The number of carbonyl (C=O) groups is 1. The third kappa shape index (κ3) is 3.09. The minimum Gasteiger partial charge on any atom is -0.478 e. The minimum atomic E-state index is -1.01. The summed E-state index contributed by atoms with van der Waals surface area (Å²) in [4.78, 5) is 19.3. The lowest BCUT2D eigenvalue weighted by molar-refractivity contribution is 0.0694. The average Bonchev–Trinajstić information content (AvgIpc) is 2.88. The van der Waals surface area contributed by atoms with Gasteiger partial charge in [0.25, 0.3) is 0 Å². The molecule has 2 aromatic rings. The fraction of sp³-hybridized carbons (Fsp3) is 0.308. The molecule has 6 nitrogen and oxygen atoms in total. The van der Waals surface area contributed by atoms with E-state index in [1.165, 1.54) is 6.20 Å². The third-order valence-electron chi connectivity index (χ3n) is 2.60. The van der Waals surface area contributed by atoms with Crippen LogP contribution in [0.1, 0.15) is 41.6 Å². The highest BCUT2D eigenvalue weighted by molar-refractivity contribution is 5.88. The molecule has 0 saturated heterocycles. The Morgan fingerprint density at radius 3 is 2.89 bits per heavy atom. The van der Waals surface area contributed by atoms with Crippen LogP contribution in [0.5, 0.6) is 0 Å². The summed E-state index contributed by atoms with van der Waals surface area (Å²) < 4.78 is 5.18. The van der Waals surface area contributed by atoms with Crippen molar-refractivity contribution >= 4 is 11.9 Å². The van der Waals surface area contributed by atoms with Gasteiger partial charge in [-0.3, -0.25) is 0 Å². The largest absolute Gasteiger partial charge is 0.478 e. The van der Waals surface area contributed by atoms with E-state index in [1.807, 2.05) is 19.9 Å². The molecule has 19 heavy (non-hydrogen) atoms. The molecule has 0 spiro atoms. The molecule has 0 radical (unpaired) electrons. The topological polar surface area (TPSA) is 88.3 Å². The first-order chi connectivity index (χ1) is 9.08. The molecule has 100 valence electrons. The van der Waals surface area contributed by atoms with Crippen molar-refractivity contribution in [2.24, 2.45) is 0 Å². The number of nitrogens with zero attached hydrogens (tertiary/aromatic N) is 2. The molecule has 2 rings (SSSR count). The summed E-state index contributed by atoms with van der Waals surface area (Å²) >= 11 is 0. The number of anilines is 1. The smallest absolute Gasteiger partial charge is 0.339 e. The number of aromatic carboxylic acids is 1. The summed E-state index contributed by atoms with van der Waals surface area (Å²) in [5.41, 5.74) is 0.656. The molecule has 0 aliphatic heterocycles. The van der Waals surface area contributed by atoms with Crippen LogP contribution in [-0.2, 0) is 6.54 Å². The molecule has 0 amide bonds. The van der Waals surface area contributed by atoms with Gasteiger partial charge in [0, 0.05) is 6.20 Å². The van der Waals surface area contributed by atoms with E-state index in [0.29, 0.717) is 18.2 Å². The lowest BCUT2D eigenvalue weighted by Crippen LogP contribution is -2.11. The molecule has 0 aliphatic rings. The Balaban J connectivity index is 2.18. The van der Waals surface area contributed by atoms with Crippen LogP contribution in [0.3, 0.4) is 0 Å². The number of carboxylic acid groups (broad SMARTS) is 1. The first-order valence-electron chi connectivity index (χ1n) is 5.94. The first-order valence-corrected chi connectivity index (χ1v) is 5.94. The lowest BCUT2D eigenvalue weighted by Gasteiger charge is -2.10. The molecular formula is C13H15N3O3. The summed E-state index contributed by atoms with van der Waals surface area (Å²) in [5, 5.41) is 12.1. The number of rotatable bonds is 5. The Hall–Kier alpha value is -2.37. The van der Waals surface area contributed by atoms with Crippen molar-refractivity contribution in [3.05, 3.63) is 41.6 Å². The van der Waals surface area contributed by atoms with E-state index in [9.17, 15) is 4.79 Å². The van der Waals surface area contributed by atoms with Crippen LogP contribution in [0.15, 0.2) is 29.0 Å². The second-order valence-electron chi connectivity index (χ2n) is 4.39.